The lowest BCUT2D eigenvalue weighted by molar-refractivity contribution is -0.128. The van der Waals surface area contributed by atoms with E-state index in [0.717, 1.165) is 18.6 Å². The molecule has 90 valence electrons. The number of hydrogen-bond acceptors (Lipinski definition) is 2. The van der Waals surface area contributed by atoms with Crippen molar-refractivity contribution in [2.24, 2.45) is 0 Å². The third-order valence-electron chi connectivity index (χ3n) is 2.87. The van der Waals surface area contributed by atoms with Crippen LogP contribution in [0.25, 0.3) is 0 Å². The lowest BCUT2D eigenvalue weighted by atomic mass is 10.00. The summed E-state index contributed by atoms with van der Waals surface area (Å²) in [4.78, 5) is 11.7. The molecule has 0 aromatic heterocycles. The largest absolute Gasteiger partial charge is 0.480 e. The van der Waals surface area contributed by atoms with E-state index in [0.29, 0.717) is 6.54 Å². The van der Waals surface area contributed by atoms with Gasteiger partial charge < -0.3 is 10.1 Å². The molecule has 3 nitrogen and oxygen atoms in total. The fraction of sp³-hybridized carbons (Fsp3) is 0.357. The monoisotopic (exact) mass is 231 g/mol. The third kappa shape index (κ3) is 2.67. The van der Waals surface area contributed by atoms with Gasteiger partial charge in [-0.25, -0.2) is 0 Å². The molecule has 2 rings (SSSR count). The van der Waals surface area contributed by atoms with Gasteiger partial charge in [0.05, 0.1) is 0 Å². The molecule has 0 fully saturated rings. The molecule has 1 aliphatic heterocycles. The molecule has 1 unspecified atom stereocenters. The van der Waals surface area contributed by atoms with Crippen molar-refractivity contribution in [2.75, 3.05) is 6.54 Å². The second kappa shape index (κ2) is 5.04. The van der Waals surface area contributed by atoms with Crippen LogP contribution in [0.15, 0.2) is 30.9 Å². The normalized spacial score (nSPS) is 17.8. The maximum Gasteiger partial charge on any atom is 0.261 e. The summed E-state index contributed by atoms with van der Waals surface area (Å²) in [6.07, 6.45) is 2.92. The molecule has 0 radical (unpaired) electrons. The van der Waals surface area contributed by atoms with Gasteiger partial charge in [-0.05, 0) is 31.4 Å². The van der Waals surface area contributed by atoms with E-state index in [2.05, 4.69) is 24.9 Å². The Labute approximate surface area is 101 Å². The number of rotatable bonds is 3. The maximum atomic E-state index is 11.7. The lowest BCUT2D eigenvalue weighted by Crippen LogP contribution is -2.40. The van der Waals surface area contributed by atoms with E-state index < -0.39 is 0 Å². The van der Waals surface area contributed by atoms with Crippen molar-refractivity contribution in [3.05, 3.63) is 42.0 Å². The quantitative estimate of drug-likeness (QED) is 0.808. The van der Waals surface area contributed by atoms with Crippen LogP contribution >= 0.6 is 0 Å². The van der Waals surface area contributed by atoms with Gasteiger partial charge in [0.1, 0.15) is 5.75 Å². The Hall–Kier alpha value is -1.77. The summed E-state index contributed by atoms with van der Waals surface area (Å²) < 4.78 is 5.70. The molecule has 0 saturated heterocycles. The number of nitrogens with one attached hydrogen (secondary N) is 1. The van der Waals surface area contributed by atoms with Crippen LogP contribution in [-0.2, 0) is 11.2 Å². The smallest absolute Gasteiger partial charge is 0.261 e. The van der Waals surface area contributed by atoms with E-state index in [1.54, 1.807) is 6.08 Å². The Morgan fingerprint density at radius 3 is 3.24 bits per heavy atom. The van der Waals surface area contributed by atoms with Crippen LogP contribution in [0, 0.1) is 6.92 Å². The molecule has 1 aromatic rings. The van der Waals surface area contributed by atoms with Gasteiger partial charge in [-0.3, -0.25) is 4.79 Å². The molecule has 0 saturated carbocycles. The van der Waals surface area contributed by atoms with E-state index in [1.165, 1.54) is 11.1 Å². The summed E-state index contributed by atoms with van der Waals surface area (Å²) in [7, 11) is 0. The zero-order valence-corrected chi connectivity index (χ0v) is 10.0. The Kier molecular flexibility index (Phi) is 3.47. The van der Waals surface area contributed by atoms with Gasteiger partial charge in [0.15, 0.2) is 6.10 Å². The molecular formula is C14H17NO2. The summed E-state index contributed by atoms with van der Waals surface area (Å²) in [5.74, 6) is 0.775. The van der Waals surface area contributed by atoms with E-state index in [1.807, 2.05) is 12.1 Å². The number of amides is 1. The zero-order chi connectivity index (χ0) is 12.3. The molecule has 0 aliphatic carbocycles. The average molecular weight is 231 g/mol. The number of fused-ring (bicyclic) bond motifs is 1. The molecule has 1 heterocycles. The fourth-order valence-corrected chi connectivity index (χ4v) is 1.99. The van der Waals surface area contributed by atoms with Crippen molar-refractivity contribution < 1.29 is 9.53 Å². The summed E-state index contributed by atoms with van der Waals surface area (Å²) in [6, 6.07) is 6.06. The van der Waals surface area contributed by atoms with E-state index in [4.69, 9.17) is 4.74 Å². The molecular weight excluding hydrogens is 214 g/mol. The van der Waals surface area contributed by atoms with Crippen molar-refractivity contribution in [1.29, 1.82) is 0 Å². The molecule has 17 heavy (non-hydrogen) atoms. The van der Waals surface area contributed by atoms with Gasteiger partial charge in [-0.1, -0.05) is 23.8 Å². The zero-order valence-electron chi connectivity index (χ0n) is 10.0. The highest BCUT2D eigenvalue weighted by molar-refractivity contribution is 5.81. The predicted molar refractivity (Wildman–Crippen MR) is 67.1 cm³/mol. The van der Waals surface area contributed by atoms with Crippen LogP contribution in [0.4, 0.5) is 0 Å². The highest BCUT2D eigenvalue weighted by Crippen LogP contribution is 2.28. The summed E-state index contributed by atoms with van der Waals surface area (Å²) in [6.45, 7) is 6.11. The number of hydrogen-bond donors (Lipinski definition) is 1. The highest BCUT2D eigenvalue weighted by Gasteiger charge is 2.25. The van der Waals surface area contributed by atoms with Crippen LogP contribution in [0.5, 0.6) is 5.75 Å². The second-order valence-corrected chi connectivity index (χ2v) is 4.29. The minimum absolute atomic E-state index is 0.0591. The topological polar surface area (TPSA) is 38.3 Å². The first-order chi connectivity index (χ1) is 8.20. The Morgan fingerprint density at radius 2 is 2.47 bits per heavy atom. The summed E-state index contributed by atoms with van der Waals surface area (Å²) in [5.41, 5.74) is 2.42. The molecule has 1 aliphatic rings. The van der Waals surface area contributed by atoms with Gasteiger partial charge in [-0.15, -0.1) is 6.58 Å². The highest BCUT2D eigenvalue weighted by atomic mass is 16.5. The van der Waals surface area contributed by atoms with Crippen LogP contribution in [0.2, 0.25) is 0 Å². The standard InChI is InChI=1S/C14H17NO2/c1-3-8-15-14(16)13-7-5-11-9-10(2)4-6-12(11)17-13/h3-4,6,9,13H,1,5,7-8H2,2H3,(H,15,16). The lowest BCUT2D eigenvalue weighted by Gasteiger charge is -2.25. The first-order valence-corrected chi connectivity index (χ1v) is 5.85. The first-order valence-electron chi connectivity index (χ1n) is 5.85. The number of ether oxygens (including phenoxy) is 1. The van der Waals surface area contributed by atoms with Crippen LogP contribution in [0.1, 0.15) is 17.5 Å². The van der Waals surface area contributed by atoms with Crippen molar-refractivity contribution in [2.45, 2.75) is 25.9 Å². The first kappa shape index (κ1) is 11.7. The molecule has 0 spiro atoms. The van der Waals surface area contributed by atoms with Crippen molar-refractivity contribution >= 4 is 5.91 Å². The van der Waals surface area contributed by atoms with Gasteiger partial charge in [0.2, 0.25) is 0 Å². The molecule has 1 atom stereocenters. The van der Waals surface area contributed by atoms with Crippen molar-refractivity contribution in [1.82, 2.24) is 5.32 Å². The average Bonchev–Trinajstić information content (AvgIpc) is 2.35. The Bertz CT molecular complexity index is 440. The van der Waals surface area contributed by atoms with E-state index in [-0.39, 0.29) is 12.0 Å². The predicted octanol–water partition coefficient (Wildman–Crippen LogP) is 1.99. The minimum Gasteiger partial charge on any atom is -0.480 e. The molecule has 1 aromatic carbocycles. The second-order valence-electron chi connectivity index (χ2n) is 4.29. The van der Waals surface area contributed by atoms with E-state index in [9.17, 15) is 4.79 Å². The van der Waals surface area contributed by atoms with Gasteiger partial charge in [-0.2, -0.15) is 0 Å². The van der Waals surface area contributed by atoms with Crippen LogP contribution in [-0.4, -0.2) is 18.6 Å². The fourth-order valence-electron chi connectivity index (χ4n) is 1.99. The van der Waals surface area contributed by atoms with Gasteiger partial charge in [0, 0.05) is 6.54 Å². The molecule has 1 amide bonds. The minimum atomic E-state index is -0.370. The number of carbonyl (C=O) groups is 1. The third-order valence-corrected chi connectivity index (χ3v) is 2.87. The molecule has 0 bridgehead atoms. The Morgan fingerprint density at radius 1 is 1.65 bits per heavy atom. The summed E-state index contributed by atoms with van der Waals surface area (Å²) in [5, 5.41) is 2.76. The van der Waals surface area contributed by atoms with E-state index >= 15 is 0 Å². The van der Waals surface area contributed by atoms with Gasteiger partial charge in [0.25, 0.3) is 5.91 Å². The molecule has 1 N–H and O–H groups in total. The van der Waals surface area contributed by atoms with Crippen molar-refractivity contribution in [3.63, 3.8) is 0 Å². The summed E-state index contributed by atoms with van der Waals surface area (Å²) >= 11 is 0. The SMILES string of the molecule is C=CCNC(=O)C1CCc2cc(C)ccc2O1. The number of carbonyl (C=O) groups excluding carboxylic acids is 1. The number of benzene rings is 1. The van der Waals surface area contributed by atoms with Gasteiger partial charge >= 0.3 is 0 Å². The van der Waals surface area contributed by atoms with Crippen LogP contribution < -0.4 is 10.1 Å². The van der Waals surface area contributed by atoms with Crippen LogP contribution in [0.3, 0.4) is 0 Å². The molecule has 3 heteroatoms. The number of aryl methyl sites for hydroxylation is 2. The Balaban J connectivity index is 2.05. The maximum absolute atomic E-state index is 11.7. The van der Waals surface area contributed by atoms with Crippen molar-refractivity contribution in [3.8, 4) is 5.75 Å².